The Hall–Kier alpha value is -0.950. The number of amides is 1. The number of hydrogen-bond acceptors (Lipinski definition) is 5. The molecule has 0 saturated heterocycles. The molecule has 0 fully saturated rings. The van der Waals surface area contributed by atoms with Gasteiger partial charge in [-0.15, -0.1) is 0 Å². The third-order valence-electron chi connectivity index (χ3n) is 9.98. The summed E-state index contributed by atoms with van der Waals surface area (Å²) in [5, 5.41) is 43.6. The monoisotopic (exact) mass is 682 g/mol. The summed E-state index contributed by atoms with van der Waals surface area (Å²) in [6.45, 7) is 4.04. The number of unbranched alkanes of at least 4 members (excludes halogenated alkanes) is 27. The van der Waals surface area contributed by atoms with Crippen LogP contribution in [0, 0.1) is 0 Å². The van der Waals surface area contributed by atoms with Crippen LogP contribution >= 0.6 is 0 Å². The Labute approximate surface area is 298 Å². The topological polar surface area (TPSA) is 110 Å². The molecule has 0 aromatic carbocycles. The van der Waals surface area contributed by atoms with Crippen molar-refractivity contribution < 1.29 is 25.2 Å². The molecule has 0 aromatic heterocycles. The van der Waals surface area contributed by atoms with E-state index in [1.165, 1.54) is 154 Å². The van der Waals surface area contributed by atoms with Crippen molar-refractivity contribution in [3.63, 3.8) is 0 Å². The molecule has 0 aliphatic heterocycles. The fourth-order valence-corrected chi connectivity index (χ4v) is 6.58. The Bertz CT molecular complexity index is 687. The first-order chi connectivity index (χ1) is 23.5. The summed E-state index contributed by atoms with van der Waals surface area (Å²) in [5.41, 5.74) is 0. The van der Waals surface area contributed by atoms with Crippen LogP contribution in [-0.2, 0) is 4.79 Å². The average Bonchev–Trinajstić information content (AvgIpc) is 3.09. The van der Waals surface area contributed by atoms with Gasteiger partial charge in [0.2, 0.25) is 5.91 Å². The minimum Gasteiger partial charge on any atom is -0.394 e. The highest BCUT2D eigenvalue weighted by molar-refractivity contribution is 5.80. The van der Waals surface area contributed by atoms with E-state index in [1.54, 1.807) is 0 Å². The van der Waals surface area contributed by atoms with E-state index in [9.17, 15) is 25.2 Å². The van der Waals surface area contributed by atoms with E-state index in [4.69, 9.17) is 0 Å². The molecule has 0 radical (unpaired) electrons. The van der Waals surface area contributed by atoms with E-state index >= 15 is 0 Å². The maximum atomic E-state index is 12.5. The molecule has 5 N–H and O–H groups in total. The molecular formula is C42H83NO5. The number of nitrogens with one attached hydrogen (secondary N) is 1. The van der Waals surface area contributed by atoms with Gasteiger partial charge in [0.25, 0.3) is 0 Å². The van der Waals surface area contributed by atoms with E-state index in [1.807, 2.05) is 0 Å². The van der Waals surface area contributed by atoms with Gasteiger partial charge in [-0.25, -0.2) is 0 Å². The molecule has 0 aromatic rings. The van der Waals surface area contributed by atoms with Gasteiger partial charge in [0.1, 0.15) is 12.2 Å². The van der Waals surface area contributed by atoms with E-state index in [0.717, 1.165) is 38.5 Å². The van der Waals surface area contributed by atoms with Gasteiger partial charge in [-0.05, 0) is 38.5 Å². The molecule has 6 nitrogen and oxygen atoms in total. The van der Waals surface area contributed by atoms with Gasteiger partial charge in [-0.3, -0.25) is 4.79 Å². The van der Waals surface area contributed by atoms with Crippen LogP contribution < -0.4 is 5.32 Å². The van der Waals surface area contributed by atoms with Crippen molar-refractivity contribution in [2.45, 2.75) is 244 Å². The Morgan fingerprint density at radius 3 is 1.25 bits per heavy atom. The van der Waals surface area contributed by atoms with E-state index in [0.29, 0.717) is 12.8 Å². The first-order valence-electron chi connectivity index (χ1n) is 21.1. The van der Waals surface area contributed by atoms with Gasteiger partial charge in [-0.2, -0.15) is 0 Å². The van der Waals surface area contributed by atoms with Crippen molar-refractivity contribution >= 4 is 5.91 Å². The number of rotatable bonds is 38. The average molecular weight is 682 g/mol. The molecule has 0 bridgehead atoms. The molecule has 3 unspecified atom stereocenters. The fourth-order valence-electron chi connectivity index (χ4n) is 6.58. The number of allylic oxidation sites excluding steroid dienone is 2. The lowest BCUT2D eigenvalue weighted by Gasteiger charge is -2.27. The van der Waals surface area contributed by atoms with Crippen LogP contribution in [0.15, 0.2) is 12.2 Å². The van der Waals surface area contributed by atoms with Crippen molar-refractivity contribution in [3.8, 4) is 0 Å². The second-order valence-electron chi connectivity index (χ2n) is 14.7. The zero-order valence-corrected chi connectivity index (χ0v) is 32.0. The summed E-state index contributed by atoms with van der Waals surface area (Å²) >= 11 is 0. The second-order valence-corrected chi connectivity index (χ2v) is 14.7. The van der Waals surface area contributed by atoms with Gasteiger partial charge < -0.3 is 25.7 Å². The highest BCUT2D eigenvalue weighted by atomic mass is 16.3. The predicted octanol–water partition coefficient (Wildman–Crippen LogP) is 10.6. The van der Waals surface area contributed by atoms with Gasteiger partial charge in [0.05, 0.1) is 18.8 Å². The van der Waals surface area contributed by atoms with Crippen molar-refractivity contribution in [1.29, 1.82) is 0 Å². The standard InChI is InChI=1S/C42H83NO5/c1-3-5-7-9-11-13-15-17-19-20-22-24-26-28-30-32-34-36-40(46)42(48)43-38(37-44)41(47)39(45)35-33-31-29-27-25-23-21-18-16-14-12-10-8-6-4-2/h27,29,38-41,44-47H,3-26,28,30-37H2,1-2H3,(H,43,48)/t38?,39?,40-,41?/m1/s1. The molecule has 0 heterocycles. The maximum Gasteiger partial charge on any atom is 0.249 e. The highest BCUT2D eigenvalue weighted by Gasteiger charge is 2.28. The van der Waals surface area contributed by atoms with Crippen LogP contribution in [-0.4, -0.2) is 57.3 Å². The molecule has 0 aliphatic carbocycles. The van der Waals surface area contributed by atoms with Crippen LogP contribution in [0.2, 0.25) is 0 Å². The number of aliphatic hydroxyl groups excluding tert-OH is 4. The fraction of sp³-hybridized carbons (Fsp3) is 0.929. The van der Waals surface area contributed by atoms with E-state index in [-0.39, 0.29) is 0 Å². The molecule has 0 saturated carbocycles. The number of carbonyl (C=O) groups is 1. The molecule has 48 heavy (non-hydrogen) atoms. The third kappa shape index (κ3) is 31.1. The molecule has 0 spiro atoms. The molecule has 0 rings (SSSR count). The Morgan fingerprint density at radius 1 is 0.500 bits per heavy atom. The summed E-state index contributed by atoms with van der Waals surface area (Å²) in [5.74, 6) is -0.591. The number of aliphatic hydroxyl groups is 4. The first-order valence-corrected chi connectivity index (χ1v) is 21.1. The first kappa shape index (κ1) is 47.0. The molecule has 4 atom stereocenters. The van der Waals surface area contributed by atoms with Crippen LogP contribution in [0.25, 0.3) is 0 Å². The van der Waals surface area contributed by atoms with E-state index < -0.39 is 36.9 Å². The molecule has 0 aliphatic rings. The normalized spacial score (nSPS) is 14.4. The minimum absolute atomic E-state index is 0.368. The number of hydrogen-bond donors (Lipinski definition) is 5. The Kier molecular flexibility index (Phi) is 36.6. The summed E-state index contributed by atoms with van der Waals surface area (Å²) in [6.07, 6.45) is 39.5. The lowest BCUT2D eigenvalue weighted by molar-refractivity contribution is -0.132. The Morgan fingerprint density at radius 2 is 0.854 bits per heavy atom. The smallest absolute Gasteiger partial charge is 0.249 e. The van der Waals surface area contributed by atoms with Gasteiger partial charge in [-0.1, -0.05) is 193 Å². The maximum absolute atomic E-state index is 12.5. The predicted molar refractivity (Wildman–Crippen MR) is 205 cm³/mol. The summed E-state index contributed by atoms with van der Waals surface area (Å²) in [7, 11) is 0. The van der Waals surface area contributed by atoms with Gasteiger partial charge in [0, 0.05) is 0 Å². The van der Waals surface area contributed by atoms with Crippen LogP contribution in [0.3, 0.4) is 0 Å². The van der Waals surface area contributed by atoms with Crippen molar-refractivity contribution in [1.82, 2.24) is 5.32 Å². The summed E-state index contributed by atoms with van der Waals surface area (Å²) in [6, 6.07) is -0.996. The molecule has 6 heteroatoms. The zero-order chi connectivity index (χ0) is 35.3. The summed E-state index contributed by atoms with van der Waals surface area (Å²) < 4.78 is 0. The van der Waals surface area contributed by atoms with Gasteiger partial charge in [0.15, 0.2) is 0 Å². The van der Waals surface area contributed by atoms with E-state index in [2.05, 4.69) is 31.3 Å². The third-order valence-corrected chi connectivity index (χ3v) is 9.98. The second kappa shape index (κ2) is 37.3. The van der Waals surface area contributed by atoms with Crippen LogP contribution in [0.5, 0.6) is 0 Å². The zero-order valence-electron chi connectivity index (χ0n) is 32.0. The van der Waals surface area contributed by atoms with Gasteiger partial charge >= 0.3 is 0 Å². The molecule has 1 amide bonds. The quantitative estimate of drug-likeness (QED) is 0.0329. The van der Waals surface area contributed by atoms with Crippen molar-refractivity contribution in [2.75, 3.05) is 6.61 Å². The summed E-state index contributed by atoms with van der Waals surface area (Å²) in [4.78, 5) is 12.5. The Balaban J connectivity index is 3.77. The lowest BCUT2D eigenvalue weighted by atomic mass is 10.00. The number of carbonyl (C=O) groups excluding carboxylic acids is 1. The SMILES string of the molecule is CCCCCCCCCCCCC=CCCCC(O)C(O)C(CO)NC(=O)[C@H](O)CCCCCCCCCCCCCCCCCCC. The lowest BCUT2D eigenvalue weighted by Crippen LogP contribution is -2.53. The van der Waals surface area contributed by atoms with Crippen LogP contribution in [0.1, 0.15) is 219 Å². The minimum atomic E-state index is -1.28. The molecule has 286 valence electrons. The molecular weight excluding hydrogens is 598 g/mol. The highest BCUT2D eigenvalue weighted by Crippen LogP contribution is 2.16. The van der Waals surface area contributed by atoms with Crippen LogP contribution in [0.4, 0.5) is 0 Å². The van der Waals surface area contributed by atoms with Crippen molar-refractivity contribution in [2.24, 2.45) is 0 Å². The van der Waals surface area contributed by atoms with Crippen molar-refractivity contribution in [3.05, 3.63) is 12.2 Å². The largest absolute Gasteiger partial charge is 0.394 e.